The van der Waals surface area contributed by atoms with Crippen molar-refractivity contribution in [1.29, 1.82) is 0 Å². The van der Waals surface area contributed by atoms with Gasteiger partial charge in [0, 0.05) is 16.8 Å². The normalized spacial score (nSPS) is 19.3. The lowest BCUT2D eigenvalue weighted by molar-refractivity contribution is 0.141. The van der Waals surface area contributed by atoms with E-state index in [1.54, 1.807) is 24.3 Å². The molecule has 98 valence electrons. The number of piperidine rings is 1. The molecule has 1 aromatic carbocycles. The Morgan fingerprint density at radius 2 is 2.39 bits per heavy atom. The number of rotatable bonds is 3. The van der Waals surface area contributed by atoms with Crippen LogP contribution in [0.15, 0.2) is 24.3 Å². The SMILES string of the molecule is O=C(Nc1cccc(Cl)c1)OCC1CCCCN1. The van der Waals surface area contributed by atoms with E-state index in [1.165, 1.54) is 12.8 Å². The Bertz CT molecular complexity index is 406. The molecule has 2 N–H and O–H groups in total. The molecule has 1 saturated heterocycles. The van der Waals surface area contributed by atoms with Gasteiger partial charge in [-0.2, -0.15) is 0 Å². The highest BCUT2D eigenvalue weighted by Crippen LogP contribution is 2.15. The van der Waals surface area contributed by atoms with Gasteiger partial charge in [0.2, 0.25) is 0 Å². The summed E-state index contributed by atoms with van der Waals surface area (Å²) in [5, 5.41) is 6.56. The third-order valence-electron chi connectivity index (χ3n) is 2.90. The van der Waals surface area contributed by atoms with Crippen LogP contribution in [-0.2, 0) is 4.74 Å². The van der Waals surface area contributed by atoms with Crippen LogP contribution < -0.4 is 10.6 Å². The van der Waals surface area contributed by atoms with Gasteiger partial charge in [-0.3, -0.25) is 5.32 Å². The number of anilines is 1. The first-order valence-corrected chi connectivity index (χ1v) is 6.54. The molecule has 5 heteroatoms. The standard InChI is InChI=1S/C13H17ClN2O2/c14-10-4-3-6-11(8-10)16-13(17)18-9-12-5-1-2-7-15-12/h3-4,6,8,12,15H,1-2,5,7,9H2,(H,16,17). The summed E-state index contributed by atoms with van der Waals surface area (Å²) in [7, 11) is 0. The first-order valence-electron chi connectivity index (χ1n) is 6.17. The van der Waals surface area contributed by atoms with Gasteiger partial charge < -0.3 is 10.1 Å². The van der Waals surface area contributed by atoms with Crippen LogP contribution in [0, 0.1) is 0 Å². The molecule has 0 aliphatic carbocycles. The lowest BCUT2D eigenvalue weighted by atomic mass is 10.1. The van der Waals surface area contributed by atoms with Crippen molar-refractivity contribution >= 4 is 23.4 Å². The topological polar surface area (TPSA) is 50.4 Å². The zero-order valence-corrected chi connectivity index (χ0v) is 10.9. The van der Waals surface area contributed by atoms with Crippen LogP contribution in [0.1, 0.15) is 19.3 Å². The minimum Gasteiger partial charge on any atom is -0.448 e. The molecule has 4 nitrogen and oxygen atoms in total. The molecule has 1 atom stereocenters. The van der Waals surface area contributed by atoms with Crippen LogP contribution in [0.5, 0.6) is 0 Å². The highest BCUT2D eigenvalue weighted by Gasteiger charge is 2.14. The quantitative estimate of drug-likeness (QED) is 0.886. The third kappa shape index (κ3) is 4.20. The summed E-state index contributed by atoms with van der Waals surface area (Å²) in [6.45, 7) is 1.41. The van der Waals surface area contributed by atoms with Crippen LogP contribution in [0.4, 0.5) is 10.5 Å². The molecule has 0 bridgehead atoms. The molecule has 2 rings (SSSR count). The molecule has 1 aromatic rings. The van der Waals surface area contributed by atoms with E-state index in [0.29, 0.717) is 17.3 Å². The predicted molar refractivity (Wildman–Crippen MR) is 72.1 cm³/mol. The molecule has 1 aliphatic rings. The second-order valence-corrected chi connectivity index (χ2v) is 4.82. The number of halogens is 1. The predicted octanol–water partition coefficient (Wildman–Crippen LogP) is 3.03. The smallest absolute Gasteiger partial charge is 0.411 e. The Morgan fingerprint density at radius 1 is 1.50 bits per heavy atom. The molecule has 0 radical (unpaired) electrons. The molecule has 0 saturated carbocycles. The molecular weight excluding hydrogens is 252 g/mol. The average Bonchev–Trinajstić information content (AvgIpc) is 2.38. The van der Waals surface area contributed by atoms with Gasteiger partial charge in [-0.1, -0.05) is 24.1 Å². The van der Waals surface area contributed by atoms with Crippen molar-refractivity contribution in [1.82, 2.24) is 5.32 Å². The van der Waals surface area contributed by atoms with Gasteiger partial charge in [-0.25, -0.2) is 4.79 Å². The molecule has 18 heavy (non-hydrogen) atoms. The van der Waals surface area contributed by atoms with Crippen molar-refractivity contribution in [2.45, 2.75) is 25.3 Å². The Labute approximate surface area is 112 Å². The number of amides is 1. The van der Waals surface area contributed by atoms with Gasteiger partial charge in [0.15, 0.2) is 0 Å². The van der Waals surface area contributed by atoms with Crippen LogP contribution in [-0.4, -0.2) is 25.3 Å². The lowest BCUT2D eigenvalue weighted by Crippen LogP contribution is -2.38. The second kappa shape index (κ2) is 6.61. The van der Waals surface area contributed by atoms with Gasteiger partial charge in [0.25, 0.3) is 0 Å². The Hall–Kier alpha value is -1.26. The van der Waals surface area contributed by atoms with E-state index in [0.717, 1.165) is 13.0 Å². The van der Waals surface area contributed by atoms with E-state index < -0.39 is 6.09 Å². The van der Waals surface area contributed by atoms with Crippen LogP contribution >= 0.6 is 11.6 Å². The minimum absolute atomic E-state index is 0.281. The van der Waals surface area contributed by atoms with Gasteiger partial charge in [0.1, 0.15) is 6.61 Å². The van der Waals surface area contributed by atoms with Gasteiger partial charge in [0.05, 0.1) is 0 Å². The summed E-state index contributed by atoms with van der Waals surface area (Å²) >= 11 is 5.82. The molecule has 0 aromatic heterocycles. The summed E-state index contributed by atoms with van der Waals surface area (Å²) in [6.07, 6.45) is 3.01. The van der Waals surface area contributed by atoms with E-state index in [9.17, 15) is 4.79 Å². The van der Waals surface area contributed by atoms with Crippen molar-refractivity contribution in [3.05, 3.63) is 29.3 Å². The maximum Gasteiger partial charge on any atom is 0.411 e. The third-order valence-corrected chi connectivity index (χ3v) is 3.13. The number of hydrogen-bond acceptors (Lipinski definition) is 3. The molecule has 1 amide bonds. The lowest BCUT2D eigenvalue weighted by Gasteiger charge is -2.22. The number of hydrogen-bond donors (Lipinski definition) is 2. The first-order chi connectivity index (χ1) is 8.74. The summed E-state index contributed by atoms with van der Waals surface area (Å²) < 4.78 is 5.17. The fraction of sp³-hybridized carbons (Fsp3) is 0.462. The van der Waals surface area contributed by atoms with Crippen LogP contribution in [0.25, 0.3) is 0 Å². The number of carbonyl (C=O) groups is 1. The van der Waals surface area contributed by atoms with E-state index in [2.05, 4.69) is 10.6 Å². The summed E-state index contributed by atoms with van der Waals surface area (Å²) in [6, 6.07) is 7.27. The second-order valence-electron chi connectivity index (χ2n) is 4.38. The summed E-state index contributed by atoms with van der Waals surface area (Å²) in [5.74, 6) is 0. The van der Waals surface area contributed by atoms with E-state index in [1.807, 2.05) is 0 Å². The average molecular weight is 269 g/mol. The molecule has 1 unspecified atom stereocenters. The molecule has 1 aliphatic heterocycles. The van der Waals surface area contributed by atoms with Crippen molar-refractivity contribution in [3.63, 3.8) is 0 Å². The largest absolute Gasteiger partial charge is 0.448 e. The maximum atomic E-state index is 11.6. The Kier molecular flexibility index (Phi) is 4.84. The number of benzene rings is 1. The molecule has 1 fully saturated rings. The Morgan fingerprint density at radius 3 is 3.11 bits per heavy atom. The van der Waals surface area contributed by atoms with Crippen molar-refractivity contribution in [2.24, 2.45) is 0 Å². The monoisotopic (exact) mass is 268 g/mol. The molecule has 0 spiro atoms. The number of carbonyl (C=O) groups excluding carboxylic acids is 1. The van der Waals surface area contributed by atoms with Gasteiger partial charge in [-0.15, -0.1) is 0 Å². The molecule has 1 heterocycles. The van der Waals surface area contributed by atoms with Crippen molar-refractivity contribution in [3.8, 4) is 0 Å². The highest BCUT2D eigenvalue weighted by molar-refractivity contribution is 6.30. The van der Waals surface area contributed by atoms with E-state index in [-0.39, 0.29) is 6.04 Å². The fourth-order valence-corrected chi connectivity index (χ4v) is 2.15. The summed E-state index contributed by atoms with van der Waals surface area (Å²) in [4.78, 5) is 11.6. The highest BCUT2D eigenvalue weighted by atomic mass is 35.5. The minimum atomic E-state index is -0.440. The maximum absolute atomic E-state index is 11.6. The first kappa shape index (κ1) is 13.2. The van der Waals surface area contributed by atoms with E-state index in [4.69, 9.17) is 16.3 Å². The summed E-state index contributed by atoms with van der Waals surface area (Å²) in [5.41, 5.74) is 0.643. The van der Waals surface area contributed by atoms with E-state index >= 15 is 0 Å². The molecular formula is C13H17ClN2O2. The van der Waals surface area contributed by atoms with Gasteiger partial charge >= 0.3 is 6.09 Å². The fourth-order valence-electron chi connectivity index (χ4n) is 1.96. The van der Waals surface area contributed by atoms with Crippen LogP contribution in [0.3, 0.4) is 0 Å². The van der Waals surface area contributed by atoms with Crippen LogP contribution in [0.2, 0.25) is 5.02 Å². The number of ether oxygens (including phenoxy) is 1. The Balaban J connectivity index is 1.74. The number of nitrogens with one attached hydrogen (secondary N) is 2. The zero-order valence-electron chi connectivity index (χ0n) is 10.1. The van der Waals surface area contributed by atoms with Crippen molar-refractivity contribution in [2.75, 3.05) is 18.5 Å². The zero-order chi connectivity index (χ0) is 12.8. The van der Waals surface area contributed by atoms with Gasteiger partial charge in [-0.05, 0) is 37.6 Å². The van der Waals surface area contributed by atoms with Crippen molar-refractivity contribution < 1.29 is 9.53 Å².